The van der Waals surface area contributed by atoms with E-state index in [1.807, 2.05) is 0 Å². The average molecular weight is 170 g/mol. The van der Waals surface area contributed by atoms with Gasteiger partial charge in [-0.15, -0.1) is 0 Å². The Morgan fingerprint density at radius 3 is 2.11 bits per heavy atom. The highest BCUT2D eigenvalue weighted by atomic mass is 31.2. The van der Waals surface area contributed by atoms with Crippen molar-refractivity contribution >= 4 is 25.2 Å². The van der Waals surface area contributed by atoms with Gasteiger partial charge in [0.15, 0.2) is 17.4 Å². The first-order chi connectivity index (χ1) is 3.56. The molecule has 0 unspecified atom stereocenters. The van der Waals surface area contributed by atoms with Crippen LogP contribution in [0.4, 0.5) is 0 Å². The summed E-state index contributed by atoms with van der Waals surface area (Å²) in [4.78, 5) is 16.1. The van der Waals surface area contributed by atoms with Crippen molar-refractivity contribution in [2.75, 3.05) is 6.61 Å². The number of rotatable bonds is 3. The van der Waals surface area contributed by atoms with Crippen LogP contribution in [0.5, 0.6) is 0 Å². The van der Waals surface area contributed by atoms with Gasteiger partial charge in [-0.2, -0.15) is 0 Å². The zero-order chi connectivity index (χ0) is 6.62. The van der Waals surface area contributed by atoms with Crippen LogP contribution >= 0.6 is 7.82 Å². The third kappa shape index (κ3) is 12.0. The Kier molecular flexibility index (Phi) is 7.44. The Balaban J connectivity index is 0. The van der Waals surface area contributed by atoms with E-state index in [-0.39, 0.29) is 24.0 Å². The molecule has 0 bridgehead atoms. The Morgan fingerprint density at radius 2 is 2.00 bits per heavy atom. The lowest BCUT2D eigenvalue weighted by molar-refractivity contribution is 0.197. The molecular weight excluding hydrogens is 158 g/mol. The van der Waals surface area contributed by atoms with Crippen molar-refractivity contribution in [1.82, 2.24) is 0 Å². The summed E-state index contributed by atoms with van der Waals surface area (Å²) in [6, 6.07) is 0. The molecule has 0 atom stereocenters. The van der Waals surface area contributed by atoms with E-state index in [2.05, 4.69) is 4.52 Å². The van der Waals surface area contributed by atoms with Gasteiger partial charge < -0.3 is 9.79 Å². The SMILES string of the molecule is CCCOP(=O)(O)O.[AlH3]. The average Bonchev–Trinajstić information content (AvgIpc) is 1.59. The van der Waals surface area contributed by atoms with Crippen molar-refractivity contribution < 1.29 is 18.9 Å². The zero-order valence-corrected chi connectivity index (χ0v) is 5.47. The minimum absolute atomic E-state index is 0. The maximum absolute atomic E-state index is 9.86. The first kappa shape index (κ1) is 12.3. The maximum atomic E-state index is 9.86. The predicted molar refractivity (Wildman–Crippen MR) is 38.2 cm³/mol. The van der Waals surface area contributed by atoms with Gasteiger partial charge in [0.25, 0.3) is 0 Å². The van der Waals surface area contributed by atoms with E-state index in [9.17, 15) is 4.57 Å². The van der Waals surface area contributed by atoms with Gasteiger partial charge in [0.2, 0.25) is 0 Å². The molecule has 0 aromatic rings. The minimum atomic E-state index is -4.18. The molecule has 2 N–H and O–H groups in total. The fourth-order valence-corrected chi connectivity index (χ4v) is 0.631. The van der Waals surface area contributed by atoms with E-state index in [1.165, 1.54) is 0 Å². The Bertz CT molecular complexity index is 100.0. The molecule has 0 fully saturated rings. The monoisotopic (exact) mass is 170 g/mol. The van der Waals surface area contributed by atoms with Crippen LogP contribution in [0.15, 0.2) is 0 Å². The summed E-state index contributed by atoms with van der Waals surface area (Å²) in [5.41, 5.74) is 0. The molecule has 0 aromatic carbocycles. The molecule has 0 saturated heterocycles. The fraction of sp³-hybridized carbons (Fsp3) is 1.00. The summed E-state index contributed by atoms with van der Waals surface area (Å²) in [7, 11) is -4.18. The maximum Gasteiger partial charge on any atom is 0.469 e. The first-order valence-electron chi connectivity index (χ1n) is 2.26. The van der Waals surface area contributed by atoms with Gasteiger partial charge in [-0.3, -0.25) is 4.52 Å². The van der Waals surface area contributed by atoms with Crippen LogP contribution < -0.4 is 0 Å². The van der Waals surface area contributed by atoms with Crippen molar-refractivity contribution in [1.29, 1.82) is 0 Å². The molecule has 4 nitrogen and oxygen atoms in total. The van der Waals surface area contributed by atoms with E-state index in [0.717, 1.165) is 0 Å². The van der Waals surface area contributed by atoms with Gasteiger partial charge in [-0.1, -0.05) is 6.92 Å². The molecule has 0 saturated carbocycles. The van der Waals surface area contributed by atoms with Crippen molar-refractivity contribution in [2.45, 2.75) is 13.3 Å². The lowest BCUT2D eigenvalue weighted by Gasteiger charge is -2.00. The molecule has 0 rings (SSSR count). The standard InChI is InChI=1S/C3H9O4P.Al.3H/c1-2-3-7-8(4,5)6;;;;/h2-3H2,1H3,(H2,4,5,6);;;;. The molecule has 56 valence electrons. The molecule has 0 amide bonds. The van der Waals surface area contributed by atoms with Crippen molar-refractivity contribution in [3.05, 3.63) is 0 Å². The molecule has 0 heterocycles. The topological polar surface area (TPSA) is 66.8 Å². The third-order valence-corrected chi connectivity index (χ3v) is 0.983. The second-order valence-electron chi connectivity index (χ2n) is 1.32. The normalized spacial score (nSPS) is 10.6. The number of phosphoric ester groups is 1. The highest BCUT2D eigenvalue weighted by molar-refractivity contribution is 7.46. The molecule has 0 aliphatic carbocycles. The summed E-state index contributed by atoms with van der Waals surface area (Å²) >= 11 is 0. The zero-order valence-electron chi connectivity index (χ0n) is 4.57. The predicted octanol–water partition coefficient (Wildman–Crippen LogP) is -0.678. The highest BCUT2D eigenvalue weighted by Gasteiger charge is 2.11. The number of phosphoric acid groups is 1. The van der Waals surface area contributed by atoms with Crippen LogP contribution in [0.1, 0.15) is 13.3 Å². The van der Waals surface area contributed by atoms with Gasteiger partial charge in [-0.25, -0.2) is 4.57 Å². The molecule has 0 aliphatic heterocycles. The van der Waals surface area contributed by atoms with Crippen LogP contribution in [0.25, 0.3) is 0 Å². The van der Waals surface area contributed by atoms with Gasteiger partial charge in [0.05, 0.1) is 6.61 Å². The van der Waals surface area contributed by atoms with Gasteiger partial charge in [0.1, 0.15) is 0 Å². The van der Waals surface area contributed by atoms with E-state index < -0.39 is 7.82 Å². The van der Waals surface area contributed by atoms with E-state index in [1.54, 1.807) is 6.92 Å². The van der Waals surface area contributed by atoms with Crippen molar-refractivity contribution in [2.24, 2.45) is 0 Å². The summed E-state index contributed by atoms with van der Waals surface area (Å²) in [6.45, 7) is 1.89. The van der Waals surface area contributed by atoms with Crippen LogP contribution in [0, 0.1) is 0 Å². The van der Waals surface area contributed by atoms with Crippen molar-refractivity contribution in [3.63, 3.8) is 0 Å². The number of hydrogen-bond donors (Lipinski definition) is 2. The molecule has 9 heavy (non-hydrogen) atoms. The van der Waals surface area contributed by atoms with Crippen LogP contribution in [0.2, 0.25) is 0 Å². The van der Waals surface area contributed by atoms with E-state index in [0.29, 0.717) is 6.42 Å². The largest absolute Gasteiger partial charge is 0.469 e. The molecular formula is C3H12AlO4P. The minimum Gasteiger partial charge on any atom is -0.303 e. The van der Waals surface area contributed by atoms with Gasteiger partial charge >= 0.3 is 7.82 Å². The van der Waals surface area contributed by atoms with Crippen LogP contribution in [-0.2, 0) is 9.09 Å². The van der Waals surface area contributed by atoms with Gasteiger partial charge in [0, 0.05) is 0 Å². The third-order valence-electron chi connectivity index (χ3n) is 0.464. The lowest BCUT2D eigenvalue weighted by atomic mass is 10.5. The molecule has 0 radical (unpaired) electrons. The smallest absolute Gasteiger partial charge is 0.303 e. The van der Waals surface area contributed by atoms with E-state index >= 15 is 0 Å². The van der Waals surface area contributed by atoms with Crippen LogP contribution in [-0.4, -0.2) is 33.8 Å². The molecule has 0 aliphatic rings. The lowest BCUT2D eigenvalue weighted by Crippen LogP contribution is -1.88. The second kappa shape index (κ2) is 5.43. The number of hydrogen-bond acceptors (Lipinski definition) is 2. The Labute approximate surface area is 64.6 Å². The molecule has 0 spiro atoms. The second-order valence-corrected chi connectivity index (χ2v) is 2.56. The molecule has 6 heteroatoms. The summed E-state index contributed by atoms with van der Waals surface area (Å²) in [6.07, 6.45) is 0.616. The molecule has 0 aromatic heterocycles. The fourth-order valence-electron chi connectivity index (χ4n) is 0.210. The highest BCUT2D eigenvalue weighted by Crippen LogP contribution is 2.35. The summed E-state index contributed by atoms with van der Waals surface area (Å²) in [5.74, 6) is 0. The quantitative estimate of drug-likeness (QED) is 0.435. The van der Waals surface area contributed by atoms with Crippen molar-refractivity contribution in [3.8, 4) is 0 Å². The summed E-state index contributed by atoms with van der Waals surface area (Å²) < 4.78 is 13.9. The first-order valence-corrected chi connectivity index (χ1v) is 3.79. The van der Waals surface area contributed by atoms with Gasteiger partial charge in [-0.05, 0) is 6.42 Å². The summed E-state index contributed by atoms with van der Waals surface area (Å²) in [5, 5.41) is 0. The van der Waals surface area contributed by atoms with E-state index in [4.69, 9.17) is 9.79 Å². The Hall–Kier alpha value is 0.642. The van der Waals surface area contributed by atoms with Crippen LogP contribution in [0.3, 0.4) is 0 Å². The Morgan fingerprint density at radius 1 is 1.56 bits per heavy atom.